The van der Waals surface area contributed by atoms with Gasteiger partial charge in [0.1, 0.15) is 11.9 Å². The highest BCUT2D eigenvalue weighted by atomic mass is 16.5. The Bertz CT molecular complexity index is 358. The minimum absolute atomic E-state index is 0.153. The molecule has 0 amide bonds. The molecule has 4 heteroatoms. The van der Waals surface area contributed by atoms with E-state index in [1.165, 1.54) is 32.1 Å². The number of H-pyrrole nitrogens is 1. The molecule has 0 aromatic carbocycles. The summed E-state index contributed by atoms with van der Waals surface area (Å²) in [4.78, 5) is 7.97. The third-order valence-electron chi connectivity index (χ3n) is 3.91. The maximum Gasteiger partial charge on any atom is 0.135 e. The summed E-state index contributed by atoms with van der Waals surface area (Å²) in [6, 6.07) is 0. The number of imidazole rings is 1. The third-order valence-corrected chi connectivity index (χ3v) is 3.91. The molecule has 1 unspecified atom stereocenters. The first kappa shape index (κ1) is 14.5. The van der Waals surface area contributed by atoms with Crippen LogP contribution in [-0.2, 0) is 11.3 Å². The largest absolute Gasteiger partial charge is 0.370 e. The second-order valence-corrected chi connectivity index (χ2v) is 5.35. The van der Waals surface area contributed by atoms with Gasteiger partial charge in [0.25, 0.3) is 0 Å². The van der Waals surface area contributed by atoms with Crippen LogP contribution in [-0.4, -0.2) is 23.1 Å². The highest BCUT2D eigenvalue weighted by Gasteiger charge is 2.27. The number of aromatic amines is 1. The molecule has 0 saturated heterocycles. The Hall–Kier alpha value is -0.870. The van der Waals surface area contributed by atoms with Crippen molar-refractivity contribution in [3.05, 3.63) is 17.7 Å². The predicted octanol–water partition coefficient (Wildman–Crippen LogP) is 3.18. The van der Waals surface area contributed by atoms with Gasteiger partial charge < -0.3 is 15.0 Å². The van der Waals surface area contributed by atoms with Gasteiger partial charge >= 0.3 is 0 Å². The summed E-state index contributed by atoms with van der Waals surface area (Å²) in [7, 11) is 0. The minimum Gasteiger partial charge on any atom is -0.370 e. The van der Waals surface area contributed by atoms with Crippen molar-refractivity contribution in [2.45, 2.75) is 58.6 Å². The smallest absolute Gasteiger partial charge is 0.135 e. The Morgan fingerprint density at radius 3 is 2.84 bits per heavy atom. The molecule has 1 fully saturated rings. The Morgan fingerprint density at radius 1 is 1.37 bits per heavy atom. The molecule has 0 bridgehead atoms. The van der Waals surface area contributed by atoms with E-state index in [1.54, 1.807) is 0 Å². The number of aromatic nitrogens is 2. The zero-order chi connectivity index (χ0) is 13.5. The highest BCUT2D eigenvalue weighted by Crippen LogP contribution is 2.35. The topological polar surface area (TPSA) is 49.9 Å². The first-order chi connectivity index (χ1) is 9.35. The van der Waals surface area contributed by atoms with E-state index < -0.39 is 0 Å². The summed E-state index contributed by atoms with van der Waals surface area (Å²) in [6.45, 7) is 6.77. The molecule has 108 valence electrons. The van der Waals surface area contributed by atoms with Gasteiger partial charge in [0.15, 0.2) is 0 Å². The van der Waals surface area contributed by atoms with Gasteiger partial charge in [-0.05, 0) is 32.2 Å². The van der Waals surface area contributed by atoms with Crippen molar-refractivity contribution < 1.29 is 4.74 Å². The summed E-state index contributed by atoms with van der Waals surface area (Å²) >= 11 is 0. The molecule has 19 heavy (non-hydrogen) atoms. The molecule has 0 spiro atoms. The molecular formula is C15H27N3O. The standard InChI is InChI=1S/C15H27N3O/c1-3-16-10-13-11-17-15(18-13)14(19-4-2)12-8-6-5-7-9-12/h11-12,14,16H,3-10H2,1-2H3,(H,17,18). The van der Waals surface area contributed by atoms with Crippen molar-refractivity contribution >= 4 is 0 Å². The summed E-state index contributed by atoms with van der Waals surface area (Å²) in [5.41, 5.74) is 1.15. The van der Waals surface area contributed by atoms with Crippen LogP contribution in [0.5, 0.6) is 0 Å². The average molecular weight is 265 g/mol. The monoisotopic (exact) mass is 265 g/mol. The van der Waals surface area contributed by atoms with Crippen molar-refractivity contribution in [2.75, 3.05) is 13.2 Å². The van der Waals surface area contributed by atoms with Gasteiger partial charge in [-0.25, -0.2) is 4.98 Å². The van der Waals surface area contributed by atoms with E-state index in [9.17, 15) is 0 Å². The van der Waals surface area contributed by atoms with Gasteiger partial charge in [0.2, 0.25) is 0 Å². The molecule has 1 aromatic rings. The summed E-state index contributed by atoms with van der Waals surface area (Å²) in [5, 5.41) is 3.32. The van der Waals surface area contributed by atoms with Crippen molar-refractivity contribution in [1.29, 1.82) is 0 Å². The summed E-state index contributed by atoms with van der Waals surface area (Å²) in [6.07, 6.45) is 8.67. The van der Waals surface area contributed by atoms with E-state index in [0.717, 1.165) is 31.2 Å². The number of hydrogen-bond acceptors (Lipinski definition) is 3. The van der Waals surface area contributed by atoms with E-state index in [2.05, 4.69) is 29.1 Å². The van der Waals surface area contributed by atoms with Crippen molar-refractivity contribution in [3.8, 4) is 0 Å². The normalized spacial score (nSPS) is 18.6. The van der Waals surface area contributed by atoms with E-state index >= 15 is 0 Å². The highest BCUT2D eigenvalue weighted by molar-refractivity contribution is 5.05. The lowest BCUT2D eigenvalue weighted by Gasteiger charge is -2.28. The lowest BCUT2D eigenvalue weighted by atomic mass is 9.85. The summed E-state index contributed by atoms with van der Waals surface area (Å²) < 4.78 is 5.97. The maximum absolute atomic E-state index is 5.97. The Labute approximate surface area is 116 Å². The van der Waals surface area contributed by atoms with Crippen LogP contribution in [0.2, 0.25) is 0 Å². The van der Waals surface area contributed by atoms with E-state index in [4.69, 9.17) is 4.74 Å². The van der Waals surface area contributed by atoms with Crippen LogP contribution in [0.15, 0.2) is 6.20 Å². The molecule has 1 aliphatic rings. The van der Waals surface area contributed by atoms with Crippen molar-refractivity contribution in [3.63, 3.8) is 0 Å². The molecule has 1 aliphatic carbocycles. The van der Waals surface area contributed by atoms with Crippen LogP contribution in [0.25, 0.3) is 0 Å². The van der Waals surface area contributed by atoms with Gasteiger partial charge in [-0.3, -0.25) is 0 Å². The average Bonchev–Trinajstić information content (AvgIpc) is 2.92. The molecule has 0 radical (unpaired) electrons. The maximum atomic E-state index is 5.97. The van der Waals surface area contributed by atoms with Crippen LogP contribution in [0.3, 0.4) is 0 Å². The Balaban J connectivity index is 2.02. The number of ether oxygens (including phenoxy) is 1. The minimum atomic E-state index is 0.153. The molecule has 2 rings (SSSR count). The molecule has 0 aliphatic heterocycles. The fourth-order valence-corrected chi connectivity index (χ4v) is 2.93. The first-order valence-corrected chi connectivity index (χ1v) is 7.71. The Morgan fingerprint density at radius 2 is 2.16 bits per heavy atom. The molecule has 1 aromatic heterocycles. The zero-order valence-corrected chi connectivity index (χ0v) is 12.2. The molecular weight excluding hydrogens is 238 g/mol. The molecule has 1 heterocycles. The summed E-state index contributed by atoms with van der Waals surface area (Å²) in [5.74, 6) is 1.65. The van der Waals surface area contributed by atoms with E-state index in [-0.39, 0.29) is 6.10 Å². The van der Waals surface area contributed by atoms with Gasteiger partial charge in [0, 0.05) is 25.0 Å². The number of rotatable bonds is 7. The zero-order valence-electron chi connectivity index (χ0n) is 12.2. The van der Waals surface area contributed by atoms with Crippen molar-refractivity contribution in [2.24, 2.45) is 5.92 Å². The molecule has 4 nitrogen and oxygen atoms in total. The molecule has 1 saturated carbocycles. The van der Waals surface area contributed by atoms with Crippen LogP contribution < -0.4 is 5.32 Å². The number of nitrogens with zero attached hydrogens (tertiary/aromatic N) is 1. The van der Waals surface area contributed by atoms with Crippen LogP contribution in [0.1, 0.15) is 63.6 Å². The fraction of sp³-hybridized carbons (Fsp3) is 0.800. The van der Waals surface area contributed by atoms with Crippen LogP contribution in [0.4, 0.5) is 0 Å². The van der Waals surface area contributed by atoms with Crippen LogP contribution >= 0.6 is 0 Å². The third kappa shape index (κ3) is 4.05. The van der Waals surface area contributed by atoms with Gasteiger partial charge in [0.05, 0.1) is 0 Å². The lowest BCUT2D eigenvalue weighted by molar-refractivity contribution is 0.000286. The quantitative estimate of drug-likeness (QED) is 0.796. The second kappa shape index (κ2) is 7.65. The number of nitrogens with one attached hydrogen (secondary N) is 2. The second-order valence-electron chi connectivity index (χ2n) is 5.35. The molecule has 2 N–H and O–H groups in total. The van der Waals surface area contributed by atoms with Crippen molar-refractivity contribution in [1.82, 2.24) is 15.3 Å². The predicted molar refractivity (Wildman–Crippen MR) is 76.9 cm³/mol. The molecule has 1 atom stereocenters. The fourth-order valence-electron chi connectivity index (χ4n) is 2.93. The SMILES string of the molecule is CCNCc1cnc(C(OCC)C2CCCCC2)[nH]1. The van der Waals surface area contributed by atoms with E-state index in [1.807, 2.05) is 6.20 Å². The first-order valence-electron chi connectivity index (χ1n) is 7.71. The lowest BCUT2D eigenvalue weighted by Crippen LogP contribution is -2.20. The Kier molecular flexibility index (Phi) is 5.86. The van der Waals surface area contributed by atoms with Crippen LogP contribution in [0, 0.1) is 5.92 Å². The van der Waals surface area contributed by atoms with Gasteiger partial charge in [-0.15, -0.1) is 0 Å². The van der Waals surface area contributed by atoms with E-state index in [0.29, 0.717) is 5.92 Å². The number of hydrogen-bond donors (Lipinski definition) is 2. The van der Waals surface area contributed by atoms with Gasteiger partial charge in [-0.2, -0.15) is 0 Å². The van der Waals surface area contributed by atoms with Gasteiger partial charge in [-0.1, -0.05) is 26.2 Å².